The summed E-state index contributed by atoms with van der Waals surface area (Å²) in [6, 6.07) is 0. The number of hydroxylamine groups is 1. The van der Waals surface area contributed by atoms with Crippen LogP contribution in [0.1, 0.15) is 27.7 Å². The van der Waals surface area contributed by atoms with Crippen LogP contribution in [0.5, 0.6) is 0 Å². The topological polar surface area (TPSA) is 38.3 Å². The van der Waals surface area contributed by atoms with E-state index in [0.717, 1.165) is 0 Å². The van der Waals surface area contributed by atoms with Gasteiger partial charge in [0.15, 0.2) is 0 Å². The van der Waals surface area contributed by atoms with Gasteiger partial charge in [-0.1, -0.05) is 29.8 Å². The molecule has 0 heterocycles. The molecule has 0 aliphatic rings. The van der Waals surface area contributed by atoms with Gasteiger partial charge in [-0.3, -0.25) is 9.63 Å². The van der Waals surface area contributed by atoms with Crippen LogP contribution in [0.4, 0.5) is 0 Å². The molecule has 72 valence electrons. The Morgan fingerprint density at radius 2 is 2.08 bits per heavy atom. The van der Waals surface area contributed by atoms with Crippen molar-refractivity contribution in [2.24, 2.45) is 5.92 Å². The minimum atomic E-state index is -0.565. The fourth-order valence-corrected chi connectivity index (χ4v) is 0.476. The molecule has 0 unspecified atom stereocenters. The first-order chi connectivity index (χ1) is 5.34. The summed E-state index contributed by atoms with van der Waals surface area (Å²) in [7, 11) is 0. The van der Waals surface area contributed by atoms with Gasteiger partial charge in [0.2, 0.25) is 0 Å². The highest BCUT2D eigenvalue weighted by atomic mass is 79.9. The molecule has 0 aromatic rings. The molecular weight excluding hydrogens is 222 g/mol. The number of alkyl halides is 1. The van der Waals surface area contributed by atoms with E-state index >= 15 is 0 Å². The van der Waals surface area contributed by atoms with Crippen LogP contribution in [0, 0.1) is 5.92 Å². The number of halogens is 1. The summed E-state index contributed by atoms with van der Waals surface area (Å²) in [6.45, 7) is 8.10. The molecule has 4 heteroatoms. The predicted octanol–water partition coefficient (Wildman–Crippen LogP) is 1.86. The Kier molecular flexibility index (Phi) is 4.78. The molecule has 0 aliphatic carbocycles. The lowest BCUT2D eigenvalue weighted by Gasteiger charge is -2.15. The van der Waals surface area contributed by atoms with E-state index in [9.17, 15) is 4.79 Å². The third-order valence-electron chi connectivity index (χ3n) is 1.12. The van der Waals surface area contributed by atoms with Crippen molar-refractivity contribution in [3.05, 3.63) is 0 Å². The van der Waals surface area contributed by atoms with Crippen LogP contribution in [-0.2, 0) is 9.63 Å². The largest absolute Gasteiger partial charge is 0.273 e. The zero-order valence-electron chi connectivity index (χ0n) is 7.98. The van der Waals surface area contributed by atoms with Gasteiger partial charge >= 0.3 is 0 Å². The molecule has 0 fully saturated rings. The van der Waals surface area contributed by atoms with E-state index < -0.39 is 4.32 Å². The summed E-state index contributed by atoms with van der Waals surface area (Å²) in [5.74, 6) is 0.256. The zero-order chi connectivity index (χ0) is 9.78. The van der Waals surface area contributed by atoms with Crippen LogP contribution in [0.15, 0.2) is 0 Å². The number of carbonyl (C=O) groups is 1. The van der Waals surface area contributed by atoms with E-state index in [4.69, 9.17) is 4.84 Å². The maximum atomic E-state index is 11.2. The average molecular weight is 238 g/mol. The third-order valence-corrected chi connectivity index (χ3v) is 1.48. The predicted molar refractivity (Wildman–Crippen MR) is 51.9 cm³/mol. The Labute approximate surface area is 81.9 Å². The van der Waals surface area contributed by atoms with Gasteiger partial charge in [0.25, 0.3) is 5.91 Å². The summed E-state index contributed by atoms with van der Waals surface area (Å²) in [5.41, 5.74) is 2.37. The fraction of sp³-hybridized carbons (Fsp3) is 0.875. The first-order valence-corrected chi connectivity index (χ1v) is 4.74. The number of rotatable bonds is 4. The van der Waals surface area contributed by atoms with Crippen molar-refractivity contribution in [2.75, 3.05) is 6.61 Å². The minimum absolute atomic E-state index is 0.164. The average Bonchev–Trinajstić information content (AvgIpc) is 1.84. The lowest BCUT2D eigenvalue weighted by atomic mass is 10.2. The smallest absolute Gasteiger partial charge is 0.259 e. The van der Waals surface area contributed by atoms with Crippen molar-refractivity contribution in [3.63, 3.8) is 0 Å². The molecule has 0 radical (unpaired) electrons. The molecule has 0 aliphatic heterocycles. The van der Waals surface area contributed by atoms with Crippen molar-refractivity contribution in [2.45, 2.75) is 32.0 Å². The van der Waals surface area contributed by atoms with Crippen molar-refractivity contribution < 1.29 is 9.63 Å². The van der Waals surface area contributed by atoms with Crippen LogP contribution < -0.4 is 5.48 Å². The van der Waals surface area contributed by atoms with E-state index in [1.807, 2.05) is 13.8 Å². The summed E-state index contributed by atoms with van der Waals surface area (Å²) in [5, 5.41) is 0. The van der Waals surface area contributed by atoms with E-state index in [1.54, 1.807) is 13.8 Å². The van der Waals surface area contributed by atoms with Gasteiger partial charge in [-0.25, -0.2) is 5.48 Å². The summed E-state index contributed by atoms with van der Waals surface area (Å²) < 4.78 is -0.565. The number of nitrogens with one attached hydrogen (secondary N) is 1. The Morgan fingerprint density at radius 1 is 1.58 bits per heavy atom. The number of hydrogen-bond acceptors (Lipinski definition) is 2. The van der Waals surface area contributed by atoms with Gasteiger partial charge < -0.3 is 0 Å². The Balaban J connectivity index is 3.59. The van der Waals surface area contributed by atoms with E-state index in [-0.39, 0.29) is 5.91 Å². The SMILES string of the molecule is CC(C)CONC(=O)C(C)(C)Br. The summed E-state index contributed by atoms with van der Waals surface area (Å²) >= 11 is 3.22. The van der Waals surface area contributed by atoms with Gasteiger partial charge in [0, 0.05) is 0 Å². The molecule has 12 heavy (non-hydrogen) atoms. The first-order valence-electron chi connectivity index (χ1n) is 3.95. The van der Waals surface area contributed by atoms with Gasteiger partial charge in [-0.15, -0.1) is 0 Å². The van der Waals surface area contributed by atoms with E-state index in [2.05, 4.69) is 21.4 Å². The highest BCUT2D eigenvalue weighted by Gasteiger charge is 2.23. The molecule has 0 saturated heterocycles. The van der Waals surface area contributed by atoms with Crippen LogP contribution >= 0.6 is 15.9 Å². The molecule has 3 nitrogen and oxygen atoms in total. The van der Waals surface area contributed by atoms with E-state index in [1.165, 1.54) is 0 Å². The second-order valence-electron chi connectivity index (χ2n) is 3.61. The summed E-state index contributed by atoms with van der Waals surface area (Å²) in [6.07, 6.45) is 0. The highest BCUT2D eigenvalue weighted by molar-refractivity contribution is 9.10. The molecule has 1 N–H and O–H groups in total. The quantitative estimate of drug-likeness (QED) is 0.599. The highest BCUT2D eigenvalue weighted by Crippen LogP contribution is 2.15. The molecule has 0 aromatic carbocycles. The number of carbonyl (C=O) groups excluding carboxylic acids is 1. The van der Waals surface area contributed by atoms with Gasteiger partial charge in [0.1, 0.15) is 4.32 Å². The Morgan fingerprint density at radius 3 is 2.42 bits per heavy atom. The van der Waals surface area contributed by atoms with Crippen LogP contribution in [0.25, 0.3) is 0 Å². The number of hydrogen-bond donors (Lipinski definition) is 1. The maximum absolute atomic E-state index is 11.2. The summed E-state index contributed by atoms with van der Waals surface area (Å²) in [4.78, 5) is 16.1. The molecule has 0 saturated carbocycles. The second-order valence-corrected chi connectivity index (χ2v) is 5.59. The molecule has 0 atom stereocenters. The monoisotopic (exact) mass is 237 g/mol. The molecule has 0 spiro atoms. The van der Waals surface area contributed by atoms with E-state index in [0.29, 0.717) is 12.5 Å². The lowest BCUT2D eigenvalue weighted by Crippen LogP contribution is -2.38. The van der Waals surface area contributed by atoms with Crippen molar-refractivity contribution in [1.29, 1.82) is 0 Å². The Hall–Kier alpha value is -0.0900. The van der Waals surface area contributed by atoms with Crippen molar-refractivity contribution >= 4 is 21.8 Å². The minimum Gasteiger partial charge on any atom is -0.273 e. The molecule has 0 rings (SSSR count). The maximum Gasteiger partial charge on any atom is 0.259 e. The normalized spacial score (nSPS) is 11.8. The fourth-order valence-electron chi connectivity index (χ4n) is 0.395. The van der Waals surface area contributed by atoms with Crippen molar-refractivity contribution in [1.82, 2.24) is 5.48 Å². The molecular formula is C8H16BrNO2. The van der Waals surface area contributed by atoms with Crippen LogP contribution in [0.2, 0.25) is 0 Å². The van der Waals surface area contributed by atoms with Gasteiger partial charge in [0.05, 0.1) is 6.61 Å². The van der Waals surface area contributed by atoms with Crippen LogP contribution in [0.3, 0.4) is 0 Å². The third kappa shape index (κ3) is 5.55. The zero-order valence-corrected chi connectivity index (χ0v) is 9.56. The molecule has 0 bridgehead atoms. The molecule has 1 amide bonds. The second kappa shape index (κ2) is 4.82. The standard InChI is InChI=1S/C8H16BrNO2/c1-6(2)5-12-10-7(11)8(3,4)9/h6H,5H2,1-4H3,(H,10,11). The van der Waals surface area contributed by atoms with Gasteiger partial charge in [-0.2, -0.15) is 0 Å². The van der Waals surface area contributed by atoms with Gasteiger partial charge in [-0.05, 0) is 19.8 Å². The molecule has 0 aromatic heterocycles. The number of amides is 1. The lowest BCUT2D eigenvalue weighted by molar-refractivity contribution is -0.135. The first kappa shape index (κ1) is 11.9. The Bertz CT molecular complexity index is 152. The van der Waals surface area contributed by atoms with Crippen LogP contribution in [-0.4, -0.2) is 16.8 Å². The van der Waals surface area contributed by atoms with Crippen molar-refractivity contribution in [3.8, 4) is 0 Å².